The molecule has 0 aliphatic heterocycles. The highest BCUT2D eigenvalue weighted by molar-refractivity contribution is 5.91. The molecular formula is C19H21NO4. The van der Waals surface area contributed by atoms with E-state index in [1.165, 1.54) is 12.1 Å². The van der Waals surface area contributed by atoms with Crippen LogP contribution in [-0.4, -0.2) is 30.1 Å². The normalized spacial score (nSPS) is 10.5. The van der Waals surface area contributed by atoms with Crippen molar-refractivity contribution < 1.29 is 19.1 Å². The minimum absolute atomic E-state index is 0.0991. The maximum Gasteiger partial charge on any atom is 0.356 e. The maximum atomic E-state index is 12.0. The van der Waals surface area contributed by atoms with Crippen molar-refractivity contribution in [2.45, 2.75) is 20.3 Å². The third-order valence-corrected chi connectivity index (χ3v) is 3.18. The number of hydrogen-bond acceptors (Lipinski definition) is 5. The highest BCUT2D eigenvalue weighted by atomic mass is 16.5. The highest BCUT2D eigenvalue weighted by Gasteiger charge is 2.14. The van der Waals surface area contributed by atoms with Crippen LogP contribution in [0.15, 0.2) is 48.5 Å². The van der Waals surface area contributed by atoms with Gasteiger partial charge in [0.1, 0.15) is 11.4 Å². The van der Waals surface area contributed by atoms with Crippen molar-refractivity contribution in [3.8, 4) is 0 Å². The lowest BCUT2D eigenvalue weighted by molar-refractivity contribution is 0.0450. The summed E-state index contributed by atoms with van der Waals surface area (Å²) >= 11 is 0. The summed E-state index contributed by atoms with van der Waals surface area (Å²) < 4.78 is 10.3. The zero-order valence-corrected chi connectivity index (χ0v) is 13.9. The van der Waals surface area contributed by atoms with Gasteiger partial charge in [0.25, 0.3) is 0 Å². The molecule has 0 atom stereocenters. The number of esters is 2. The molecule has 2 rings (SSSR count). The molecule has 0 spiro atoms. The minimum atomic E-state index is -0.551. The van der Waals surface area contributed by atoms with Gasteiger partial charge < -0.3 is 9.47 Å². The molecule has 0 unspecified atom stereocenters. The molecule has 0 bridgehead atoms. The molecule has 5 nitrogen and oxygen atoms in total. The molecule has 0 fully saturated rings. The summed E-state index contributed by atoms with van der Waals surface area (Å²) in [6, 6.07) is 14.4. The van der Waals surface area contributed by atoms with E-state index in [1.54, 1.807) is 6.07 Å². The van der Waals surface area contributed by atoms with Crippen LogP contribution in [0.4, 0.5) is 0 Å². The summed E-state index contributed by atoms with van der Waals surface area (Å²) in [5.41, 5.74) is 1.29. The maximum absolute atomic E-state index is 12.0. The number of benzene rings is 1. The van der Waals surface area contributed by atoms with Gasteiger partial charge in [0.15, 0.2) is 0 Å². The fraction of sp³-hybridized carbons (Fsp3) is 0.316. The van der Waals surface area contributed by atoms with Crippen LogP contribution in [0, 0.1) is 5.92 Å². The molecule has 5 heteroatoms. The van der Waals surface area contributed by atoms with Crippen LogP contribution in [-0.2, 0) is 15.9 Å². The smallest absolute Gasteiger partial charge is 0.356 e. The first kappa shape index (κ1) is 17.7. The van der Waals surface area contributed by atoms with Crippen molar-refractivity contribution in [1.29, 1.82) is 0 Å². The summed E-state index contributed by atoms with van der Waals surface area (Å²) in [6.45, 7) is 4.46. The summed E-state index contributed by atoms with van der Waals surface area (Å²) in [4.78, 5) is 28.0. The van der Waals surface area contributed by atoms with E-state index in [4.69, 9.17) is 9.47 Å². The van der Waals surface area contributed by atoms with E-state index >= 15 is 0 Å². The monoisotopic (exact) mass is 327 g/mol. The molecule has 1 aromatic carbocycles. The van der Waals surface area contributed by atoms with E-state index in [9.17, 15) is 9.59 Å². The average molecular weight is 327 g/mol. The molecule has 24 heavy (non-hydrogen) atoms. The van der Waals surface area contributed by atoms with E-state index in [-0.39, 0.29) is 23.9 Å². The Morgan fingerprint density at radius 3 is 2.17 bits per heavy atom. The van der Waals surface area contributed by atoms with Crippen LogP contribution < -0.4 is 0 Å². The molecule has 1 heterocycles. The van der Waals surface area contributed by atoms with E-state index in [2.05, 4.69) is 4.98 Å². The largest absolute Gasteiger partial charge is 0.461 e. The van der Waals surface area contributed by atoms with Crippen molar-refractivity contribution in [1.82, 2.24) is 4.98 Å². The van der Waals surface area contributed by atoms with Crippen LogP contribution in [0.5, 0.6) is 0 Å². The molecule has 0 saturated carbocycles. The number of pyridine rings is 1. The topological polar surface area (TPSA) is 65.5 Å². The van der Waals surface area contributed by atoms with E-state index in [0.29, 0.717) is 13.0 Å². The van der Waals surface area contributed by atoms with Gasteiger partial charge in [0, 0.05) is 6.42 Å². The first-order chi connectivity index (χ1) is 11.6. The number of rotatable bonds is 7. The number of aromatic nitrogens is 1. The summed E-state index contributed by atoms with van der Waals surface area (Å²) in [6.07, 6.45) is 0.628. The van der Waals surface area contributed by atoms with E-state index in [1.807, 2.05) is 44.2 Å². The van der Waals surface area contributed by atoms with Crippen LogP contribution in [0.2, 0.25) is 0 Å². The molecule has 0 aliphatic carbocycles. The zero-order chi connectivity index (χ0) is 17.4. The van der Waals surface area contributed by atoms with Gasteiger partial charge in [-0.1, -0.05) is 50.2 Å². The number of hydrogen-bond donors (Lipinski definition) is 0. The molecule has 0 saturated heterocycles. The van der Waals surface area contributed by atoms with Crippen LogP contribution in [0.1, 0.15) is 40.4 Å². The molecule has 0 radical (unpaired) electrons. The van der Waals surface area contributed by atoms with Crippen molar-refractivity contribution in [2.24, 2.45) is 5.92 Å². The van der Waals surface area contributed by atoms with Gasteiger partial charge in [-0.05, 0) is 23.6 Å². The minimum Gasteiger partial charge on any atom is -0.461 e. The quantitative estimate of drug-likeness (QED) is 0.730. The Labute approximate surface area is 141 Å². The third-order valence-electron chi connectivity index (χ3n) is 3.18. The molecule has 126 valence electrons. The molecule has 0 aliphatic rings. The first-order valence-corrected chi connectivity index (χ1v) is 7.91. The SMILES string of the molecule is CC(C)COC(=O)c1cccc(C(=O)OCCc2ccccc2)n1. The summed E-state index contributed by atoms with van der Waals surface area (Å²) in [7, 11) is 0. The Morgan fingerprint density at radius 2 is 1.54 bits per heavy atom. The molecule has 1 aromatic heterocycles. The lowest BCUT2D eigenvalue weighted by Gasteiger charge is -2.08. The molecule has 0 N–H and O–H groups in total. The van der Waals surface area contributed by atoms with Crippen molar-refractivity contribution >= 4 is 11.9 Å². The van der Waals surface area contributed by atoms with Crippen LogP contribution in [0.25, 0.3) is 0 Å². The number of nitrogens with zero attached hydrogens (tertiary/aromatic N) is 1. The van der Waals surface area contributed by atoms with E-state index in [0.717, 1.165) is 5.56 Å². The predicted molar refractivity (Wildman–Crippen MR) is 89.8 cm³/mol. The Balaban J connectivity index is 1.90. The Morgan fingerprint density at radius 1 is 0.917 bits per heavy atom. The van der Waals surface area contributed by atoms with Crippen molar-refractivity contribution in [2.75, 3.05) is 13.2 Å². The predicted octanol–water partition coefficient (Wildman–Crippen LogP) is 3.29. The van der Waals surface area contributed by atoms with Crippen LogP contribution in [0.3, 0.4) is 0 Å². The Bertz CT molecular complexity index is 683. The zero-order valence-electron chi connectivity index (χ0n) is 13.9. The fourth-order valence-corrected chi connectivity index (χ4v) is 1.96. The van der Waals surface area contributed by atoms with Gasteiger partial charge in [0.05, 0.1) is 13.2 Å². The van der Waals surface area contributed by atoms with Gasteiger partial charge in [-0.3, -0.25) is 0 Å². The number of ether oxygens (including phenoxy) is 2. The third kappa shape index (κ3) is 5.50. The second-order valence-corrected chi connectivity index (χ2v) is 5.77. The lowest BCUT2D eigenvalue weighted by atomic mass is 10.2. The number of carbonyl (C=O) groups excluding carboxylic acids is 2. The standard InChI is InChI=1S/C19H21NO4/c1-14(2)13-24-19(22)17-10-6-9-16(20-17)18(21)23-12-11-15-7-4-3-5-8-15/h3-10,14H,11-13H2,1-2H3. The second kappa shape index (κ2) is 8.82. The van der Waals surface area contributed by atoms with Gasteiger partial charge in [-0.15, -0.1) is 0 Å². The fourth-order valence-electron chi connectivity index (χ4n) is 1.96. The molecular weight excluding hydrogens is 306 g/mol. The second-order valence-electron chi connectivity index (χ2n) is 5.77. The van der Waals surface area contributed by atoms with Gasteiger partial charge >= 0.3 is 11.9 Å². The van der Waals surface area contributed by atoms with Gasteiger partial charge in [0.2, 0.25) is 0 Å². The molecule has 2 aromatic rings. The summed E-state index contributed by atoms with van der Waals surface area (Å²) in [5.74, 6) is -0.854. The first-order valence-electron chi connectivity index (χ1n) is 7.91. The Kier molecular flexibility index (Phi) is 6.49. The molecule has 0 amide bonds. The van der Waals surface area contributed by atoms with E-state index < -0.39 is 11.9 Å². The Hall–Kier alpha value is -2.69. The van der Waals surface area contributed by atoms with Crippen molar-refractivity contribution in [3.63, 3.8) is 0 Å². The van der Waals surface area contributed by atoms with Crippen molar-refractivity contribution in [3.05, 3.63) is 65.5 Å². The lowest BCUT2D eigenvalue weighted by Crippen LogP contribution is -2.15. The average Bonchev–Trinajstić information content (AvgIpc) is 2.60. The van der Waals surface area contributed by atoms with Crippen LogP contribution >= 0.6 is 0 Å². The highest BCUT2D eigenvalue weighted by Crippen LogP contribution is 2.06. The van der Waals surface area contributed by atoms with Gasteiger partial charge in [-0.25, -0.2) is 14.6 Å². The summed E-state index contributed by atoms with van der Waals surface area (Å²) in [5, 5.41) is 0. The number of carbonyl (C=O) groups is 2. The van der Waals surface area contributed by atoms with Gasteiger partial charge in [-0.2, -0.15) is 0 Å².